The lowest BCUT2D eigenvalue weighted by Gasteiger charge is -2.35. The predicted molar refractivity (Wildman–Crippen MR) is 109 cm³/mol. The standard InChI is InChI=1S/C22H23N5O/c1-14-7-6-10-18(15(14)2)26-12-11-19-20(22(26)28)24-25-21-17(13-23-27(19)21)16-8-4-3-5-9-16/h3-5,8-9,11-15,18H,6-7,10H2,1-2H3/t14-,15+,18+/m0/s1. The fraction of sp³-hybridized carbons (Fsp3) is 0.364. The van der Waals surface area contributed by atoms with E-state index in [-0.39, 0.29) is 11.6 Å². The molecule has 1 aliphatic carbocycles. The van der Waals surface area contributed by atoms with Gasteiger partial charge < -0.3 is 4.57 Å². The lowest BCUT2D eigenvalue weighted by atomic mass is 9.78. The highest BCUT2D eigenvalue weighted by Crippen LogP contribution is 2.37. The van der Waals surface area contributed by atoms with Gasteiger partial charge in [0.1, 0.15) is 5.52 Å². The van der Waals surface area contributed by atoms with E-state index in [0.717, 1.165) is 24.0 Å². The normalized spacial score (nSPS) is 22.7. The molecule has 1 aliphatic rings. The van der Waals surface area contributed by atoms with Crippen LogP contribution in [0.1, 0.15) is 39.2 Å². The van der Waals surface area contributed by atoms with Crippen molar-refractivity contribution in [1.82, 2.24) is 24.4 Å². The van der Waals surface area contributed by atoms with E-state index >= 15 is 0 Å². The smallest absolute Gasteiger partial charge is 0.280 e. The summed E-state index contributed by atoms with van der Waals surface area (Å²) in [6.07, 6.45) is 7.12. The van der Waals surface area contributed by atoms with E-state index in [1.165, 1.54) is 6.42 Å². The summed E-state index contributed by atoms with van der Waals surface area (Å²) in [6, 6.07) is 12.2. The zero-order valence-electron chi connectivity index (χ0n) is 16.1. The van der Waals surface area contributed by atoms with Gasteiger partial charge in [0, 0.05) is 17.8 Å². The van der Waals surface area contributed by atoms with E-state index in [9.17, 15) is 4.79 Å². The molecule has 0 amide bonds. The van der Waals surface area contributed by atoms with Crippen molar-refractivity contribution >= 4 is 16.7 Å². The SMILES string of the molecule is C[C@H]1[C@H](n2ccc3c(nnc4c(-c5ccccc5)cnn43)c2=O)CCC[C@@H]1C. The summed E-state index contributed by atoms with van der Waals surface area (Å²) >= 11 is 0. The molecule has 3 heterocycles. The van der Waals surface area contributed by atoms with Crippen molar-refractivity contribution in [2.45, 2.75) is 39.2 Å². The topological polar surface area (TPSA) is 65.1 Å². The Balaban J connectivity index is 1.67. The molecular weight excluding hydrogens is 350 g/mol. The van der Waals surface area contributed by atoms with Gasteiger partial charge in [0.05, 0.1) is 6.20 Å². The summed E-state index contributed by atoms with van der Waals surface area (Å²) in [4.78, 5) is 13.2. The van der Waals surface area contributed by atoms with Crippen LogP contribution in [-0.4, -0.2) is 24.4 Å². The zero-order chi connectivity index (χ0) is 19.3. The molecule has 6 nitrogen and oxygen atoms in total. The van der Waals surface area contributed by atoms with Crippen molar-refractivity contribution < 1.29 is 0 Å². The third-order valence-electron chi connectivity index (χ3n) is 6.40. The minimum absolute atomic E-state index is 0.0744. The van der Waals surface area contributed by atoms with Gasteiger partial charge in [0.25, 0.3) is 5.56 Å². The summed E-state index contributed by atoms with van der Waals surface area (Å²) in [5.41, 5.74) is 3.61. The monoisotopic (exact) mass is 373 g/mol. The fourth-order valence-corrected chi connectivity index (χ4v) is 4.54. The number of nitrogens with zero attached hydrogens (tertiary/aromatic N) is 5. The molecule has 4 aromatic rings. The van der Waals surface area contributed by atoms with Crippen molar-refractivity contribution in [1.29, 1.82) is 0 Å². The molecule has 1 saturated carbocycles. The third-order valence-corrected chi connectivity index (χ3v) is 6.40. The van der Waals surface area contributed by atoms with Gasteiger partial charge in [0.2, 0.25) is 0 Å². The zero-order valence-corrected chi connectivity index (χ0v) is 16.1. The minimum atomic E-state index is -0.0744. The van der Waals surface area contributed by atoms with Crippen molar-refractivity contribution in [2.75, 3.05) is 0 Å². The Hall–Kier alpha value is -3.02. The third kappa shape index (κ3) is 2.55. The highest BCUT2D eigenvalue weighted by atomic mass is 16.1. The van der Waals surface area contributed by atoms with Gasteiger partial charge in [-0.1, -0.05) is 57.0 Å². The Morgan fingerprint density at radius 1 is 1.04 bits per heavy atom. The highest BCUT2D eigenvalue weighted by molar-refractivity contribution is 5.82. The maximum Gasteiger partial charge on any atom is 0.280 e. The van der Waals surface area contributed by atoms with Crippen LogP contribution in [0, 0.1) is 11.8 Å². The first-order chi connectivity index (χ1) is 13.6. The molecule has 3 aromatic heterocycles. The lowest BCUT2D eigenvalue weighted by molar-refractivity contribution is 0.183. The lowest BCUT2D eigenvalue weighted by Crippen LogP contribution is -2.34. The average Bonchev–Trinajstić information content (AvgIpc) is 3.16. The summed E-state index contributed by atoms with van der Waals surface area (Å²) in [5.74, 6) is 1.09. The highest BCUT2D eigenvalue weighted by Gasteiger charge is 2.29. The second-order valence-corrected chi connectivity index (χ2v) is 7.96. The molecule has 5 rings (SSSR count). The van der Waals surface area contributed by atoms with Gasteiger partial charge >= 0.3 is 0 Å². The number of pyridine rings is 1. The minimum Gasteiger partial charge on any atom is -0.310 e. The maximum atomic E-state index is 13.2. The van der Waals surface area contributed by atoms with Gasteiger partial charge in [-0.2, -0.15) is 5.10 Å². The number of hydrogen-bond acceptors (Lipinski definition) is 4. The van der Waals surface area contributed by atoms with E-state index in [1.807, 2.05) is 47.2 Å². The van der Waals surface area contributed by atoms with Crippen LogP contribution < -0.4 is 5.56 Å². The second-order valence-electron chi connectivity index (χ2n) is 7.96. The molecule has 1 aromatic carbocycles. The summed E-state index contributed by atoms with van der Waals surface area (Å²) in [5, 5.41) is 13.2. The van der Waals surface area contributed by atoms with Gasteiger partial charge in [-0.05, 0) is 29.9 Å². The van der Waals surface area contributed by atoms with E-state index in [2.05, 4.69) is 29.1 Å². The number of aromatic nitrogens is 5. The summed E-state index contributed by atoms with van der Waals surface area (Å²) < 4.78 is 3.59. The first-order valence-corrected chi connectivity index (χ1v) is 9.96. The molecule has 142 valence electrons. The van der Waals surface area contributed by atoms with Crippen LogP contribution in [0.25, 0.3) is 27.8 Å². The quantitative estimate of drug-likeness (QED) is 0.530. The molecule has 1 fully saturated rings. The van der Waals surface area contributed by atoms with Crippen molar-refractivity contribution in [2.24, 2.45) is 11.8 Å². The molecular formula is C22H23N5O. The molecule has 0 saturated heterocycles. The molecule has 28 heavy (non-hydrogen) atoms. The van der Waals surface area contributed by atoms with Crippen molar-refractivity contribution in [3.8, 4) is 11.1 Å². The van der Waals surface area contributed by atoms with E-state index in [0.29, 0.717) is 28.5 Å². The van der Waals surface area contributed by atoms with Gasteiger partial charge in [-0.25, -0.2) is 4.52 Å². The second kappa shape index (κ2) is 6.55. The molecule has 0 spiro atoms. The van der Waals surface area contributed by atoms with Crippen LogP contribution in [0.4, 0.5) is 0 Å². The Morgan fingerprint density at radius 3 is 2.68 bits per heavy atom. The molecule has 0 N–H and O–H groups in total. The number of benzene rings is 1. The average molecular weight is 373 g/mol. The largest absolute Gasteiger partial charge is 0.310 e. The predicted octanol–water partition coefficient (Wildman–Crippen LogP) is 4.10. The molecule has 0 bridgehead atoms. The van der Waals surface area contributed by atoms with Gasteiger partial charge in [0.15, 0.2) is 11.2 Å². The Kier molecular flexibility index (Phi) is 4.00. The van der Waals surface area contributed by atoms with Crippen molar-refractivity contribution in [3.63, 3.8) is 0 Å². The Bertz CT molecular complexity index is 1210. The van der Waals surface area contributed by atoms with E-state index in [4.69, 9.17) is 0 Å². The molecule has 0 radical (unpaired) electrons. The first kappa shape index (κ1) is 17.1. The fourth-order valence-electron chi connectivity index (χ4n) is 4.54. The van der Waals surface area contributed by atoms with Crippen LogP contribution in [0.15, 0.2) is 53.6 Å². The first-order valence-electron chi connectivity index (χ1n) is 9.96. The van der Waals surface area contributed by atoms with E-state index < -0.39 is 0 Å². The van der Waals surface area contributed by atoms with Crippen LogP contribution in [0.2, 0.25) is 0 Å². The molecule has 0 aliphatic heterocycles. The van der Waals surface area contributed by atoms with Crippen LogP contribution in [0.5, 0.6) is 0 Å². The van der Waals surface area contributed by atoms with Gasteiger partial charge in [-0.3, -0.25) is 4.79 Å². The maximum absolute atomic E-state index is 13.2. The summed E-state index contributed by atoms with van der Waals surface area (Å²) in [6.45, 7) is 4.53. The molecule has 0 unspecified atom stereocenters. The molecule has 6 heteroatoms. The summed E-state index contributed by atoms with van der Waals surface area (Å²) in [7, 11) is 0. The Morgan fingerprint density at radius 2 is 1.86 bits per heavy atom. The number of rotatable bonds is 2. The van der Waals surface area contributed by atoms with Crippen LogP contribution in [-0.2, 0) is 0 Å². The molecule has 3 atom stereocenters. The van der Waals surface area contributed by atoms with Crippen LogP contribution in [0.3, 0.4) is 0 Å². The number of hydrogen-bond donors (Lipinski definition) is 0. The van der Waals surface area contributed by atoms with Crippen molar-refractivity contribution in [3.05, 3.63) is 59.1 Å². The van der Waals surface area contributed by atoms with Gasteiger partial charge in [-0.15, -0.1) is 10.2 Å². The Labute approximate surface area is 162 Å². The van der Waals surface area contributed by atoms with Crippen LogP contribution >= 0.6 is 0 Å². The number of fused-ring (bicyclic) bond motifs is 3. The van der Waals surface area contributed by atoms with E-state index in [1.54, 1.807) is 10.7 Å².